The Bertz CT molecular complexity index is 565. The molecule has 6 heteroatoms. The van der Waals surface area contributed by atoms with Gasteiger partial charge < -0.3 is 10.6 Å². The van der Waals surface area contributed by atoms with Crippen molar-refractivity contribution in [2.75, 3.05) is 6.54 Å². The zero-order valence-corrected chi connectivity index (χ0v) is 13.9. The molecule has 122 valence electrons. The van der Waals surface area contributed by atoms with Gasteiger partial charge in [0.25, 0.3) is 5.91 Å². The van der Waals surface area contributed by atoms with Crippen molar-refractivity contribution in [3.63, 3.8) is 0 Å². The molecular weight excluding hydrogens is 280 g/mol. The highest BCUT2D eigenvalue weighted by molar-refractivity contribution is 5.97. The minimum atomic E-state index is -0.471. The molecule has 1 heterocycles. The average Bonchev–Trinajstić information content (AvgIpc) is 3.03. The molecule has 2 amide bonds. The van der Waals surface area contributed by atoms with Crippen molar-refractivity contribution >= 4 is 11.8 Å². The third kappa shape index (κ3) is 3.31. The zero-order chi connectivity index (χ0) is 16.5. The summed E-state index contributed by atoms with van der Waals surface area (Å²) in [5.41, 5.74) is 6.53. The van der Waals surface area contributed by atoms with Crippen molar-refractivity contribution < 1.29 is 9.59 Å². The number of nitrogens with two attached hydrogens (primary N) is 1. The van der Waals surface area contributed by atoms with Crippen LogP contribution >= 0.6 is 0 Å². The predicted molar refractivity (Wildman–Crippen MR) is 84.4 cm³/mol. The molecule has 22 heavy (non-hydrogen) atoms. The number of aromatic nitrogens is 2. The largest absolute Gasteiger partial charge is 0.368 e. The third-order valence-electron chi connectivity index (χ3n) is 4.23. The van der Waals surface area contributed by atoms with Crippen LogP contribution in [0.1, 0.15) is 62.5 Å². The van der Waals surface area contributed by atoms with Crippen molar-refractivity contribution in [1.82, 2.24) is 14.7 Å². The molecule has 2 rings (SSSR count). The van der Waals surface area contributed by atoms with Gasteiger partial charge in [-0.05, 0) is 40.5 Å². The molecule has 1 aromatic rings. The summed E-state index contributed by atoms with van der Waals surface area (Å²) in [7, 11) is 0. The number of carbonyl (C=O) groups is 2. The minimum Gasteiger partial charge on any atom is -0.368 e. The summed E-state index contributed by atoms with van der Waals surface area (Å²) in [6.07, 6.45) is 5.66. The second-order valence-electron chi connectivity index (χ2n) is 7.06. The summed E-state index contributed by atoms with van der Waals surface area (Å²) >= 11 is 0. The maximum Gasteiger partial charge on any atom is 0.258 e. The Hall–Kier alpha value is -1.85. The van der Waals surface area contributed by atoms with E-state index in [2.05, 4.69) is 5.10 Å². The standard InChI is InChI=1S/C16H26N4O2/c1-11-13(9-18-20(11)16(2,3)4)15(22)19(10-14(17)21)12-7-5-6-8-12/h9,12H,5-8,10H2,1-4H3,(H2,17,21). The van der Waals surface area contributed by atoms with Gasteiger partial charge in [-0.3, -0.25) is 14.3 Å². The van der Waals surface area contributed by atoms with Gasteiger partial charge in [-0.2, -0.15) is 5.10 Å². The van der Waals surface area contributed by atoms with Gasteiger partial charge >= 0.3 is 0 Å². The molecule has 0 aromatic carbocycles. The van der Waals surface area contributed by atoms with E-state index >= 15 is 0 Å². The van der Waals surface area contributed by atoms with Crippen molar-refractivity contribution in [3.8, 4) is 0 Å². The van der Waals surface area contributed by atoms with Gasteiger partial charge in [0.1, 0.15) is 0 Å². The molecule has 1 aliphatic rings. The van der Waals surface area contributed by atoms with Crippen LogP contribution in [0.3, 0.4) is 0 Å². The molecule has 0 aliphatic heterocycles. The highest BCUT2D eigenvalue weighted by Crippen LogP contribution is 2.26. The van der Waals surface area contributed by atoms with E-state index in [4.69, 9.17) is 5.73 Å². The Morgan fingerprint density at radius 3 is 2.41 bits per heavy atom. The van der Waals surface area contributed by atoms with E-state index in [1.54, 1.807) is 11.1 Å². The summed E-state index contributed by atoms with van der Waals surface area (Å²) in [5.74, 6) is -0.611. The molecule has 0 bridgehead atoms. The van der Waals surface area contributed by atoms with E-state index in [-0.39, 0.29) is 24.0 Å². The van der Waals surface area contributed by atoms with Gasteiger partial charge in [-0.25, -0.2) is 0 Å². The van der Waals surface area contributed by atoms with Gasteiger partial charge in [0.2, 0.25) is 5.91 Å². The molecule has 0 unspecified atom stereocenters. The molecule has 1 aromatic heterocycles. The summed E-state index contributed by atoms with van der Waals surface area (Å²) < 4.78 is 1.84. The Kier molecular flexibility index (Phi) is 4.58. The molecular formula is C16H26N4O2. The van der Waals surface area contributed by atoms with E-state index in [1.807, 2.05) is 32.4 Å². The number of hydrogen-bond acceptors (Lipinski definition) is 3. The Morgan fingerprint density at radius 2 is 1.95 bits per heavy atom. The summed E-state index contributed by atoms with van der Waals surface area (Å²) in [5, 5.41) is 4.35. The molecule has 0 spiro atoms. The summed E-state index contributed by atoms with van der Waals surface area (Å²) in [6, 6.07) is 0.109. The van der Waals surface area contributed by atoms with Gasteiger partial charge in [0, 0.05) is 11.7 Å². The lowest BCUT2D eigenvalue weighted by Gasteiger charge is -2.28. The second kappa shape index (κ2) is 6.10. The van der Waals surface area contributed by atoms with Gasteiger partial charge in [0.05, 0.1) is 23.8 Å². The van der Waals surface area contributed by atoms with Crippen molar-refractivity contribution in [3.05, 3.63) is 17.5 Å². The number of hydrogen-bond donors (Lipinski definition) is 1. The van der Waals surface area contributed by atoms with Gasteiger partial charge in [0.15, 0.2) is 0 Å². The Balaban J connectivity index is 2.30. The van der Waals surface area contributed by atoms with Crippen LogP contribution < -0.4 is 5.73 Å². The van der Waals surface area contributed by atoms with E-state index in [0.717, 1.165) is 31.4 Å². The number of carbonyl (C=O) groups excluding carboxylic acids is 2. The lowest BCUT2D eigenvalue weighted by Crippen LogP contribution is -2.44. The van der Waals surface area contributed by atoms with Crippen molar-refractivity contribution in [1.29, 1.82) is 0 Å². The topological polar surface area (TPSA) is 81.2 Å². The second-order valence-corrected chi connectivity index (χ2v) is 7.06. The van der Waals surface area contributed by atoms with Gasteiger partial charge in [-0.1, -0.05) is 12.8 Å². The molecule has 1 aliphatic carbocycles. The molecule has 1 saturated carbocycles. The molecule has 2 N–H and O–H groups in total. The fourth-order valence-corrected chi connectivity index (χ4v) is 3.20. The molecule has 0 radical (unpaired) electrons. The van der Waals surface area contributed by atoms with Crippen LogP contribution in [-0.2, 0) is 10.3 Å². The maximum atomic E-state index is 12.9. The zero-order valence-electron chi connectivity index (χ0n) is 13.9. The van der Waals surface area contributed by atoms with Crippen molar-refractivity contribution in [2.24, 2.45) is 5.73 Å². The van der Waals surface area contributed by atoms with Crippen molar-refractivity contribution in [2.45, 2.75) is 65.0 Å². The first kappa shape index (κ1) is 16.5. The molecule has 0 atom stereocenters. The van der Waals surface area contributed by atoms with Crippen LogP contribution in [-0.4, -0.2) is 39.1 Å². The highest BCUT2D eigenvalue weighted by Gasteiger charge is 2.31. The SMILES string of the molecule is Cc1c(C(=O)N(CC(N)=O)C2CCCC2)cnn1C(C)(C)C. The smallest absolute Gasteiger partial charge is 0.258 e. The quantitative estimate of drug-likeness (QED) is 0.921. The fraction of sp³-hybridized carbons (Fsp3) is 0.688. The van der Waals surface area contributed by atoms with E-state index in [1.165, 1.54) is 0 Å². The Labute approximate surface area is 131 Å². The monoisotopic (exact) mass is 306 g/mol. The molecule has 1 fully saturated rings. The van der Waals surface area contributed by atoms with E-state index in [9.17, 15) is 9.59 Å². The lowest BCUT2D eigenvalue weighted by atomic mass is 10.1. The Morgan fingerprint density at radius 1 is 1.36 bits per heavy atom. The van der Waals surface area contributed by atoms with E-state index in [0.29, 0.717) is 5.56 Å². The van der Waals surface area contributed by atoms with Crippen LogP contribution in [0.15, 0.2) is 6.20 Å². The normalized spacial score (nSPS) is 16.0. The highest BCUT2D eigenvalue weighted by atomic mass is 16.2. The molecule has 6 nitrogen and oxygen atoms in total. The van der Waals surface area contributed by atoms with Crippen LogP contribution in [0.4, 0.5) is 0 Å². The first-order chi connectivity index (χ1) is 10.2. The van der Waals surface area contributed by atoms with Crippen LogP contribution in [0, 0.1) is 6.92 Å². The number of primary amides is 1. The third-order valence-corrected chi connectivity index (χ3v) is 4.23. The summed E-state index contributed by atoms with van der Waals surface area (Å²) in [4.78, 5) is 25.9. The van der Waals surface area contributed by atoms with Gasteiger partial charge in [-0.15, -0.1) is 0 Å². The number of amides is 2. The minimum absolute atomic E-state index is 0.0242. The van der Waals surface area contributed by atoms with Crippen LogP contribution in [0.25, 0.3) is 0 Å². The van der Waals surface area contributed by atoms with Crippen LogP contribution in [0.5, 0.6) is 0 Å². The number of rotatable bonds is 4. The van der Waals surface area contributed by atoms with E-state index < -0.39 is 5.91 Å². The first-order valence-corrected chi connectivity index (χ1v) is 7.86. The predicted octanol–water partition coefficient (Wildman–Crippen LogP) is 1.82. The average molecular weight is 306 g/mol. The molecule has 0 saturated heterocycles. The fourth-order valence-electron chi connectivity index (χ4n) is 3.20. The number of nitrogens with zero attached hydrogens (tertiary/aromatic N) is 3. The lowest BCUT2D eigenvalue weighted by molar-refractivity contribution is -0.119. The first-order valence-electron chi connectivity index (χ1n) is 7.86. The summed E-state index contributed by atoms with van der Waals surface area (Å²) in [6.45, 7) is 7.99. The van der Waals surface area contributed by atoms with Crippen LogP contribution in [0.2, 0.25) is 0 Å². The maximum absolute atomic E-state index is 12.9.